The molecule has 0 aliphatic heterocycles. The van der Waals surface area contributed by atoms with E-state index in [0.717, 1.165) is 6.42 Å². The molecule has 1 aromatic carbocycles. The molecule has 0 aromatic heterocycles. The van der Waals surface area contributed by atoms with Gasteiger partial charge in [0.05, 0.1) is 12.7 Å². The summed E-state index contributed by atoms with van der Waals surface area (Å²) in [4.78, 5) is 0. The summed E-state index contributed by atoms with van der Waals surface area (Å²) in [6.07, 6.45) is 1.14. The molecule has 0 spiro atoms. The third-order valence-corrected chi connectivity index (χ3v) is 2.84. The Morgan fingerprint density at radius 1 is 1.29 bits per heavy atom. The minimum Gasteiger partial charge on any atom is -0.377 e. The summed E-state index contributed by atoms with van der Waals surface area (Å²) in [6, 6.07) is 6.67. The van der Waals surface area contributed by atoms with E-state index in [1.807, 2.05) is 13.8 Å². The largest absolute Gasteiger partial charge is 0.377 e. The third-order valence-electron chi connectivity index (χ3n) is 2.84. The molecule has 0 radical (unpaired) electrons. The fourth-order valence-corrected chi connectivity index (χ4v) is 1.76. The number of hydrogen-bond donors (Lipinski definition) is 2. The van der Waals surface area contributed by atoms with Crippen molar-refractivity contribution in [2.75, 3.05) is 6.61 Å². The van der Waals surface area contributed by atoms with Gasteiger partial charge in [0.2, 0.25) is 0 Å². The van der Waals surface area contributed by atoms with E-state index in [4.69, 9.17) is 10.6 Å². The van der Waals surface area contributed by atoms with Crippen molar-refractivity contribution in [1.29, 1.82) is 0 Å². The SMILES string of the molecule is Cc1ccc(C)c(CC(COC(C)C)NN)c1. The van der Waals surface area contributed by atoms with Crippen molar-refractivity contribution in [3.8, 4) is 0 Å². The summed E-state index contributed by atoms with van der Waals surface area (Å²) in [5.74, 6) is 5.56. The van der Waals surface area contributed by atoms with Gasteiger partial charge in [0.1, 0.15) is 0 Å². The van der Waals surface area contributed by atoms with Crippen molar-refractivity contribution in [2.45, 2.75) is 46.3 Å². The molecule has 0 amide bonds. The summed E-state index contributed by atoms with van der Waals surface area (Å²) < 4.78 is 5.59. The maximum Gasteiger partial charge on any atom is 0.0639 e. The van der Waals surface area contributed by atoms with Crippen LogP contribution in [0, 0.1) is 13.8 Å². The van der Waals surface area contributed by atoms with Crippen LogP contribution in [0.5, 0.6) is 0 Å². The number of ether oxygens (including phenoxy) is 1. The van der Waals surface area contributed by atoms with Crippen molar-refractivity contribution >= 4 is 0 Å². The van der Waals surface area contributed by atoms with Gasteiger partial charge in [-0.3, -0.25) is 11.3 Å². The molecule has 96 valence electrons. The molecule has 1 aromatic rings. The second-order valence-electron chi connectivity index (χ2n) is 4.88. The molecular formula is C14H24N2O. The van der Waals surface area contributed by atoms with E-state index in [9.17, 15) is 0 Å². The Hall–Kier alpha value is -0.900. The second kappa shape index (κ2) is 6.74. The Morgan fingerprint density at radius 3 is 2.59 bits per heavy atom. The molecule has 3 heteroatoms. The Bertz CT molecular complexity index is 350. The number of aryl methyl sites for hydroxylation is 2. The molecule has 0 bridgehead atoms. The Kier molecular flexibility index (Phi) is 5.62. The summed E-state index contributed by atoms with van der Waals surface area (Å²) in [6.45, 7) is 8.95. The monoisotopic (exact) mass is 236 g/mol. The van der Waals surface area contributed by atoms with E-state index in [-0.39, 0.29) is 12.1 Å². The molecular weight excluding hydrogens is 212 g/mol. The van der Waals surface area contributed by atoms with Crippen molar-refractivity contribution in [3.63, 3.8) is 0 Å². The van der Waals surface area contributed by atoms with Crippen LogP contribution in [0.15, 0.2) is 18.2 Å². The molecule has 0 heterocycles. The number of rotatable bonds is 6. The van der Waals surface area contributed by atoms with E-state index in [1.54, 1.807) is 0 Å². The molecule has 3 N–H and O–H groups in total. The number of hydrazine groups is 1. The second-order valence-corrected chi connectivity index (χ2v) is 4.88. The smallest absolute Gasteiger partial charge is 0.0639 e. The van der Waals surface area contributed by atoms with E-state index < -0.39 is 0 Å². The highest BCUT2D eigenvalue weighted by Gasteiger charge is 2.10. The van der Waals surface area contributed by atoms with Crippen LogP contribution in [0.1, 0.15) is 30.5 Å². The molecule has 17 heavy (non-hydrogen) atoms. The van der Waals surface area contributed by atoms with Crippen molar-refractivity contribution in [2.24, 2.45) is 5.84 Å². The molecule has 0 saturated heterocycles. The minimum atomic E-state index is 0.165. The number of hydrogen-bond acceptors (Lipinski definition) is 3. The first-order chi connectivity index (χ1) is 8.02. The molecule has 0 aliphatic rings. The van der Waals surface area contributed by atoms with Gasteiger partial charge in [-0.25, -0.2) is 0 Å². The standard InChI is InChI=1S/C14H24N2O/c1-10(2)17-9-14(16-15)8-13-7-11(3)5-6-12(13)4/h5-7,10,14,16H,8-9,15H2,1-4H3. The number of benzene rings is 1. The molecule has 0 aliphatic carbocycles. The fourth-order valence-electron chi connectivity index (χ4n) is 1.76. The van der Waals surface area contributed by atoms with Crippen LogP contribution in [0.25, 0.3) is 0 Å². The van der Waals surface area contributed by atoms with Crippen LogP contribution in [-0.4, -0.2) is 18.8 Å². The summed E-state index contributed by atoms with van der Waals surface area (Å²) in [5, 5.41) is 0. The quantitative estimate of drug-likeness (QED) is 0.587. The maximum atomic E-state index is 5.59. The van der Waals surface area contributed by atoms with Gasteiger partial charge >= 0.3 is 0 Å². The topological polar surface area (TPSA) is 47.3 Å². The van der Waals surface area contributed by atoms with E-state index in [1.165, 1.54) is 16.7 Å². The lowest BCUT2D eigenvalue weighted by atomic mass is 9.99. The third kappa shape index (κ3) is 4.86. The van der Waals surface area contributed by atoms with Crippen molar-refractivity contribution in [1.82, 2.24) is 5.43 Å². The lowest BCUT2D eigenvalue weighted by Crippen LogP contribution is -2.41. The zero-order chi connectivity index (χ0) is 12.8. The summed E-state index contributed by atoms with van der Waals surface area (Å²) in [7, 11) is 0. The Balaban J connectivity index is 2.63. The number of nitrogens with one attached hydrogen (secondary N) is 1. The van der Waals surface area contributed by atoms with Crippen LogP contribution in [-0.2, 0) is 11.2 Å². The van der Waals surface area contributed by atoms with Gasteiger partial charge < -0.3 is 4.74 Å². The first kappa shape index (κ1) is 14.2. The molecule has 1 rings (SSSR count). The first-order valence-corrected chi connectivity index (χ1v) is 6.16. The predicted octanol–water partition coefficient (Wildman–Crippen LogP) is 2.10. The molecule has 0 fully saturated rings. The average Bonchev–Trinajstić information content (AvgIpc) is 2.28. The highest BCUT2D eigenvalue weighted by molar-refractivity contribution is 5.31. The van der Waals surface area contributed by atoms with Crippen molar-refractivity contribution < 1.29 is 4.74 Å². The zero-order valence-electron chi connectivity index (χ0n) is 11.3. The van der Waals surface area contributed by atoms with Crippen LogP contribution < -0.4 is 11.3 Å². The van der Waals surface area contributed by atoms with Gasteiger partial charge in [-0.15, -0.1) is 0 Å². The van der Waals surface area contributed by atoms with Crippen molar-refractivity contribution in [3.05, 3.63) is 34.9 Å². The zero-order valence-corrected chi connectivity index (χ0v) is 11.3. The van der Waals surface area contributed by atoms with E-state index in [0.29, 0.717) is 6.61 Å². The van der Waals surface area contributed by atoms with Gasteiger partial charge in [-0.05, 0) is 45.2 Å². The molecule has 1 atom stereocenters. The molecule has 3 nitrogen and oxygen atoms in total. The van der Waals surface area contributed by atoms with Crippen LogP contribution in [0.2, 0.25) is 0 Å². The highest BCUT2D eigenvalue weighted by atomic mass is 16.5. The van der Waals surface area contributed by atoms with Gasteiger partial charge in [-0.2, -0.15) is 0 Å². The first-order valence-electron chi connectivity index (χ1n) is 6.16. The van der Waals surface area contributed by atoms with Crippen LogP contribution >= 0.6 is 0 Å². The summed E-state index contributed by atoms with van der Waals surface area (Å²) >= 11 is 0. The lowest BCUT2D eigenvalue weighted by Gasteiger charge is -2.19. The normalized spacial score (nSPS) is 13.1. The maximum absolute atomic E-state index is 5.59. The van der Waals surface area contributed by atoms with Gasteiger partial charge in [0, 0.05) is 6.04 Å². The van der Waals surface area contributed by atoms with Crippen LogP contribution in [0.4, 0.5) is 0 Å². The van der Waals surface area contributed by atoms with Gasteiger partial charge in [0.15, 0.2) is 0 Å². The fraction of sp³-hybridized carbons (Fsp3) is 0.571. The minimum absolute atomic E-state index is 0.165. The predicted molar refractivity (Wildman–Crippen MR) is 71.8 cm³/mol. The Labute approximate surface area is 104 Å². The van der Waals surface area contributed by atoms with E-state index >= 15 is 0 Å². The Morgan fingerprint density at radius 2 is 2.00 bits per heavy atom. The highest BCUT2D eigenvalue weighted by Crippen LogP contribution is 2.13. The lowest BCUT2D eigenvalue weighted by molar-refractivity contribution is 0.0613. The average molecular weight is 236 g/mol. The van der Waals surface area contributed by atoms with E-state index in [2.05, 4.69) is 37.5 Å². The summed E-state index contributed by atoms with van der Waals surface area (Å²) in [5.41, 5.74) is 6.75. The molecule has 0 saturated carbocycles. The van der Waals surface area contributed by atoms with Gasteiger partial charge in [0.25, 0.3) is 0 Å². The van der Waals surface area contributed by atoms with Gasteiger partial charge in [-0.1, -0.05) is 23.8 Å². The number of nitrogens with two attached hydrogens (primary N) is 1. The van der Waals surface area contributed by atoms with Crippen LogP contribution in [0.3, 0.4) is 0 Å². The molecule has 1 unspecified atom stereocenters.